The van der Waals surface area contributed by atoms with Gasteiger partial charge in [-0.2, -0.15) is 0 Å². The highest BCUT2D eigenvalue weighted by atomic mass is 16.5. The van der Waals surface area contributed by atoms with Crippen LogP contribution < -0.4 is 0 Å². The average Bonchev–Trinajstić information content (AvgIpc) is 2.28. The number of ether oxygens (including phenoxy) is 1. The highest BCUT2D eigenvalue weighted by Gasteiger charge is 2.30. The summed E-state index contributed by atoms with van der Waals surface area (Å²) >= 11 is 0. The minimum Gasteiger partial charge on any atom is -0.371 e. The Labute approximate surface area is 101 Å². The van der Waals surface area contributed by atoms with Crippen molar-refractivity contribution in [2.75, 3.05) is 7.11 Å². The van der Waals surface area contributed by atoms with Crippen LogP contribution in [-0.2, 0) is 9.53 Å². The topological polar surface area (TPSA) is 26.3 Å². The van der Waals surface area contributed by atoms with Crippen molar-refractivity contribution in [3.05, 3.63) is 0 Å². The van der Waals surface area contributed by atoms with Gasteiger partial charge in [0.25, 0.3) is 0 Å². The molecular weight excluding hydrogens is 200 g/mol. The maximum Gasteiger partial charge on any atom is 0.164 e. The maximum atomic E-state index is 11.9. The number of hydrogen-bond donors (Lipinski definition) is 0. The van der Waals surface area contributed by atoms with E-state index in [9.17, 15) is 4.79 Å². The summed E-state index contributed by atoms with van der Waals surface area (Å²) < 4.78 is 5.41. The molecule has 0 rings (SSSR count). The second kappa shape index (κ2) is 8.74. The summed E-state index contributed by atoms with van der Waals surface area (Å²) in [5.41, 5.74) is -0.539. The lowest BCUT2D eigenvalue weighted by Gasteiger charge is -2.26. The first-order valence-electron chi connectivity index (χ1n) is 6.69. The van der Waals surface area contributed by atoms with Crippen LogP contribution in [0.1, 0.15) is 72.1 Å². The van der Waals surface area contributed by atoms with Gasteiger partial charge in [-0.3, -0.25) is 4.79 Å². The first-order valence-corrected chi connectivity index (χ1v) is 6.69. The van der Waals surface area contributed by atoms with Crippen molar-refractivity contribution in [2.45, 2.75) is 77.7 Å². The third kappa shape index (κ3) is 5.64. The van der Waals surface area contributed by atoms with Crippen molar-refractivity contribution in [3.63, 3.8) is 0 Å². The molecule has 0 aromatic heterocycles. The molecule has 0 aromatic rings. The van der Waals surface area contributed by atoms with Crippen molar-refractivity contribution in [1.82, 2.24) is 0 Å². The van der Waals surface area contributed by atoms with Gasteiger partial charge in [-0.25, -0.2) is 0 Å². The van der Waals surface area contributed by atoms with Gasteiger partial charge in [-0.15, -0.1) is 0 Å². The monoisotopic (exact) mass is 228 g/mol. The van der Waals surface area contributed by atoms with Crippen molar-refractivity contribution in [1.29, 1.82) is 0 Å². The minimum absolute atomic E-state index is 0.257. The Hall–Kier alpha value is -0.370. The lowest BCUT2D eigenvalue weighted by molar-refractivity contribution is -0.140. The number of methoxy groups -OCH3 is 1. The number of Topliss-reactive ketones (excluding diaryl/α,β-unsaturated/α-hetero) is 1. The molecule has 0 bridgehead atoms. The van der Waals surface area contributed by atoms with Crippen LogP contribution in [0.3, 0.4) is 0 Å². The quantitative estimate of drug-likeness (QED) is 0.526. The Balaban J connectivity index is 3.92. The lowest BCUT2D eigenvalue weighted by atomic mass is 9.90. The fourth-order valence-electron chi connectivity index (χ4n) is 1.91. The normalized spacial score (nSPS) is 14.8. The lowest BCUT2D eigenvalue weighted by Crippen LogP contribution is -2.37. The molecule has 0 saturated carbocycles. The molecule has 2 heteroatoms. The summed E-state index contributed by atoms with van der Waals surface area (Å²) in [6, 6.07) is 0. The highest BCUT2D eigenvalue weighted by molar-refractivity contribution is 5.86. The van der Waals surface area contributed by atoms with E-state index in [0.717, 1.165) is 19.3 Å². The molecule has 0 heterocycles. The van der Waals surface area contributed by atoms with E-state index >= 15 is 0 Å². The molecule has 0 aliphatic carbocycles. The van der Waals surface area contributed by atoms with Crippen molar-refractivity contribution >= 4 is 5.78 Å². The SMILES string of the molecule is CCCCCCCC(C)(OC)C(=O)CCC. The Kier molecular flexibility index (Phi) is 8.54. The van der Waals surface area contributed by atoms with E-state index in [2.05, 4.69) is 6.92 Å². The molecule has 0 amide bonds. The Morgan fingerprint density at radius 2 is 1.69 bits per heavy atom. The molecule has 1 unspecified atom stereocenters. The summed E-state index contributed by atoms with van der Waals surface area (Å²) in [6.07, 6.45) is 8.56. The van der Waals surface area contributed by atoms with Crippen LogP contribution in [0.25, 0.3) is 0 Å². The standard InChI is InChI=1S/C14H28O2/c1-5-7-8-9-10-12-14(3,16-4)13(15)11-6-2/h5-12H2,1-4H3. The first kappa shape index (κ1) is 15.6. The smallest absolute Gasteiger partial charge is 0.164 e. The Morgan fingerprint density at radius 1 is 1.06 bits per heavy atom. The van der Waals surface area contributed by atoms with Gasteiger partial charge in [0, 0.05) is 13.5 Å². The zero-order chi connectivity index (χ0) is 12.4. The zero-order valence-electron chi connectivity index (χ0n) is 11.5. The predicted octanol–water partition coefficient (Wildman–Crippen LogP) is 4.12. The summed E-state index contributed by atoms with van der Waals surface area (Å²) in [5, 5.41) is 0. The molecule has 0 radical (unpaired) electrons. The molecule has 16 heavy (non-hydrogen) atoms. The molecule has 0 fully saturated rings. The summed E-state index contributed by atoms with van der Waals surface area (Å²) in [6.45, 7) is 6.18. The van der Waals surface area contributed by atoms with Crippen LogP contribution in [-0.4, -0.2) is 18.5 Å². The van der Waals surface area contributed by atoms with Gasteiger partial charge in [-0.1, -0.05) is 46.0 Å². The third-order valence-corrected chi connectivity index (χ3v) is 3.27. The Bertz CT molecular complexity index is 189. The van der Waals surface area contributed by atoms with E-state index in [0.29, 0.717) is 6.42 Å². The number of carbonyl (C=O) groups is 1. The summed E-state index contributed by atoms with van der Waals surface area (Å²) in [4.78, 5) is 11.9. The maximum absolute atomic E-state index is 11.9. The van der Waals surface area contributed by atoms with Crippen molar-refractivity contribution < 1.29 is 9.53 Å². The van der Waals surface area contributed by atoms with Gasteiger partial charge >= 0.3 is 0 Å². The second-order valence-corrected chi connectivity index (χ2v) is 4.77. The molecular formula is C14H28O2. The summed E-state index contributed by atoms with van der Waals surface area (Å²) in [7, 11) is 1.65. The molecule has 96 valence electrons. The average molecular weight is 228 g/mol. The largest absolute Gasteiger partial charge is 0.371 e. The van der Waals surface area contributed by atoms with Crippen LogP contribution >= 0.6 is 0 Å². The van der Waals surface area contributed by atoms with Crippen LogP contribution in [0, 0.1) is 0 Å². The van der Waals surface area contributed by atoms with Gasteiger partial charge < -0.3 is 4.74 Å². The van der Waals surface area contributed by atoms with Crippen LogP contribution in [0.4, 0.5) is 0 Å². The van der Waals surface area contributed by atoms with E-state index in [1.54, 1.807) is 7.11 Å². The van der Waals surface area contributed by atoms with Crippen molar-refractivity contribution in [3.8, 4) is 0 Å². The molecule has 0 spiro atoms. The van der Waals surface area contributed by atoms with Gasteiger partial charge in [-0.05, 0) is 19.8 Å². The van der Waals surface area contributed by atoms with E-state index in [-0.39, 0.29) is 5.78 Å². The number of ketones is 1. The molecule has 0 aliphatic rings. The molecule has 0 aromatic carbocycles. The first-order chi connectivity index (χ1) is 7.60. The summed E-state index contributed by atoms with van der Waals surface area (Å²) in [5.74, 6) is 0.257. The van der Waals surface area contributed by atoms with Crippen LogP contribution in [0.2, 0.25) is 0 Å². The van der Waals surface area contributed by atoms with E-state index in [4.69, 9.17) is 4.74 Å². The van der Waals surface area contributed by atoms with Gasteiger partial charge in [0.1, 0.15) is 5.60 Å². The minimum atomic E-state index is -0.539. The van der Waals surface area contributed by atoms with Crippen LogP contribution in [0.15, 0.2) is 0 Å². The van der Waals surface area contributed by atoms with Gasteiger partial charge in [0.15, 0.2) is 5.78 Å². The molecule has 0 saturated heterocycles. The zero-order valence-corrected chi connectivity index (χ0v) is 11.5. The number of carbonyl (C=O) groups excluding carboxylic acids is 1. The van der Waals surface area contributed by atoms with Gasteiger partial charge in [0.05, 0.1) is 0 Å². The van der Waals surface area contributed by atoms with E-state index in [1.165, 1.54) is 25.7 Å². The molecule has 0 N–H and O–H groups in total. The van der Waals surface area contributed by atoms with Gasteiger partial charge in [0.2, 0.25) is 0 Å². The molecule has 2 nitrogen and oxygen atoms in total. The fourth-order valence-corrected chi connectivity index (χ4v) is 1.91. The Morgan fingerprint density at radius 3 is 2.19 bits per heavy atom. The molecule has 1 atom stereocenters. The van der Waals surface area contributed by atoms with E-state index < -0.39 is 5.60 Å². The highest BCUT2D eigenvalue weighted by Crippen LogP contribution is 2.22. The van der Waals surface area contributed by atoms with Crippen LogP contribution in [0.5, 0.6) is 0 Å². The number of hydrogen-bond acceptors (Lipinski definition) is 2. The third-order valence-electron chi connectivity index (χ3n) is 3.27. The second-order valence-electron chi connectivity index (χ2n) is 4.77. The van der Waals surface area contributed by atoms with E-state index in [1.807, 2.05) is 13.8 Å². The molecule has 0 aliphatic heterocycles. The van der Waals surface area contributed by atoms with Crippen molar-refractivity contribution in [2.24, 2.45) is 0 Å². The fraction of sp³-hybridized carbons (Fsp3) is 0.929. The number of unbranched alkanes of at least 4 members (excludes halogenated alkanes) is 4. The number of rotatable bonds is 10. The predicted molar refractivity (Wildman–Crippen MR) is 68.7 cm³/mol.